The number of hydrogen-bond acceptors (Lipinski definition) is 5. The number of amides is 1. The number of thiophene rings is 1. The number of carbonyl (C=O) groups excluding carboxylic acids is 1. The second kappa shape index (κ2) is 7.95. The lowest BCUT2D eigenvalue weighted by Gasteiger charge is -2.06. The number of hydrogen-bond donors (Lipinski definition) is 3. The Morgan fingerprint density at radius 1 is 1.37 bits per heavy atom. The van der Waals surface area contributed by atoms with E-state index in [9.17, 15) is 13.2 Å². The third-order valence-electron chi connectivity index (χ3n) is 2.19. The number of sulfonamides is 1. The first-order valence-electron chi connectivity index (χ1n) is 5.67. The molecule has 4 N–H and O–H groups in total. The van der Waals surface area contributed by atoms with Crippen LogP contribution >= 0.6 is 27.3 Å². The third-order valence-corrected chi connectivity index (χ3v) is 5.71. The Hall–Kier alpha value is -0.480. The molecule has 1 heterocycles. The van der Waals surface area contributed by atoms with E-state index in [4.69, 9.17) is 5.73 Å². The van der Waals surface area contributed by atoms with Gasteiger partial charge < -0.3 is 11.1 Å². The highest BCUT2D eigenvalue weighted by molar-refractivity contribution is 9.11. The van der Waals surface area contributed by atoms with Crippen LogP contribution in [-0.4, -0.2) is 34.0 Å². The summed E-state index contributed by atoms with van der Waals surface area (Å²) < 4.78 is 26.8. The van der Waals surface area contributed by atoms with Crippen LogP contribution in [0.1, 0.15) is 12.8 Å². The van der Waals surface area contributed by atoms with Gasteiger partial charge in [-0.05, 0) is 47.4 Å². The van der Waals surface area contributed by atoms with Gasteiger partial charge in [0, 0.05) is 6.54 Å². The van der Waals surface area contributed by atoms with E-state index in [0.717, 1.165) is 28.0 Å². The van der Waals surface area contributed by atoms with E-state index in [-0.39, 0.29) is 16.7 Å². The summed E-state index contributed by atoms with van der Waals surface area (Å²) in [6, 6.07) is 3.13. The van der Waals surface area contributed by atoms with Crippen molar-refractivity contribution in [2.45, 2.75) is 17.1 Å². The van der Waals surface area contributed by atoms with Crippen molar-refractivity contribution < 1.29 is 13.2 Å². The molecule has 6 nitrogen and oxygen atoms in total. The van der Waals surface area contributed by atoms with Crippen molar-refractivity contribution in [3.63, 3.8) is 0 Å². The minimum Gasteiger partial charge on any atom is -0.355 e. The second-order valence-corrected chi connectivity index (χ2v) is 8.19. The first-order chi connectivity index (χ1) is 8.95. The minimum absolute atomic E-state index is 0.176. The zero-order valence-electron chi connectivity index (χ0n) is 10.2. The lowest BCUT2D eigenvalue weighted by Crippen LogP contribution is -2.37. The van der Waals surface area contributed by atoms with Gasteiger partial charge in [-0.1, -0.05) is 0 Å². The van der Waals surface area contributed by atoms with Gasteiger partial charge >= 0.3 is 0 Å². The molecule has 1 aromatic rings. The average molecular weight is 370 g/mol. The van der Waals surface area contributed by atoms with Crippen molar-refractivity contribution >= 4 is 43.2 Å². The predicted molar refractivity (Wildman–Crippen MR) is 78.5 cm³/mol. The number of halogens is 1. The van der Waals surface area contributed by atoms with Gasteiger partial charge in [-0.3, -0.25) is 4.79 Å². The second-order valence-electron chi connectivity index (χ2n) is 3.73. The summed E-state index contributed by atoms with van der Waals surface area (Å²) in [4.78, 5) is 11.4. The molecule has 108 valence electrons. The van der Waals surface area contributed by atoms with Crippen LogP contribution in [0.2, 0.25) is 0 Å². The molecule has 0 radical (unpaired) electrons. The fraction of sp³-hybridized carbons (Fsp3) is 0.500. The maximum absolute atomic E-state index is 11.8. The first-order valence-corrected chi connectivity index (χ1v) is 8.77. The molecule has 0 saturated carbocycles. The molecule has 9 heteroatoms. The Balaban J connectivity index is 2.37. The Morgan fingerprint density at radius 3 is 2.68 bits per heavy atom. The fourth-order valence-electron chi connectivity index (χ4n) is 1.23. The number of rotatable bonds is 8. The van der Waals surface area contributed by atoms with E-state index in [1.165, 1.54) is 6.07 Å². The molecule has 0 atom stereocenters. The maximum Gasteiger partial charge on any atom is 0.250 e. The predicted octanol–water partition coefficient (Wildman–Crippen LogP) is 0.644. The average Bonchev–Trinajstić information content (AvgIpc) is 2.80. The molecule has 0 unspecified atom stereocenters. The zero-order chi connectivity index (χ0) is 14.3. The van der Waals surface area contributed by atoms with E-state index in [1.807, 2.05) is 0 Å². The molecular weight excluding hydrogens is 354 g/mol. The molecule has 0 aliphatic carbocycles. The molecule has 0 aromatic carbocycles. The molecule has 1 amide bonds. The van der Waals surface area contributed by atoms with Gasteiger partial charge in [0.1, 0.15) is 4.21 Å². The molecule has 0 aliphatic rings. The highest BCUT2D eigenvalue weighted by atomic mass is 79.9. The van der Waals surface area contributed by atoms with Crippen molar-refractivity contribution in [3.8, 4) is 0 Å². The maximum atomic E-state index is 11.8. The Kier molecular flexibility index (Phi) is 6.94. The van der Waals surface area contributed by atoms with Gasteiger partial charge in [0.2, 0.25) is 5.91 Å². The molecule has 19 heavy (non-hydrogen) atoms. The van der Waals surface area contributed by atoms with Gasteiger partial charge in [0.05, 0.1) is 10.3 Å². The van der Waals surface area contributed by atoms with Crippen molar-refractivity contribution in [3.05, 3.63) is 15.9 Å². The van der Waals surface area contributed by atoms with Gasteiger partial charge in [0.15, 0.2) is 0 Å². The smallest absolute Gasteiger partial charge is 0.250 e. The highest BCUT2D eigenvalue weighted by Crippen LogP contribution is 2.25. The molecule has 0 saturated heterocycles. The standard InChI is InChI=1S/C10H16BrN3O3S2/c11-8-3-4-10(18-8)19(16,17)14-7-9(15)13-6-2-1-5-12/h3-4,14H,1-2,5-7,12H2,(H,13,15). The zero-order valence-corrected chi connectivity index (χ0v) is 13.4. The van der Waals surface area contributed by atoms with E-state index in [2.05, 4.69) is 26.0 Å². The SMILES string of the molecule is NCCCCNC(=O)CNS(=O)(=O)c1ccc(Br)s1. The fourth-order valence-corrected chi connectivity index (χ4v) is 4.27. The van der Waals surface area contributed by atoms with Crippen LogP contribution in [0.4, 0.5) is 0 Å². The summed E-state index contributed by atoms with van der Waals surface area (Å²) in [7, 11) is -3.61. The third kappa shape index (κ3) is 6.00. The van der Waals surface area contributed by atoms with E-state index in [1.54, 1.807) is 6.07 Å². The monoisotopic (exact) mass is 369 g/mol. The molecule has 0 bridgehead atoms. The summed E-state index contributed by atoms with van der Waals surface area (Å²) in [6.45, 7) is 0.818. The number of nitrogens with two attached hydrogens (primary N) is 1. The van der Waals surface area contributed by atoms with Gasteiger partial charge in [-0.25, -0.2) is 13.1 Å². The lowest BCUT2D eigenvalue weighted by atomic mass is 10.3. The van der Waals surface area contributed by atoms with Crippen molar-refractivity contribution in [1.29, 1.82) is 0 Å². The lowest BCUT2D eigenvalue weighted by molar-refractivity contribution is -0.119. The molecule has 1 rings (SSSR count). The van der Waals surface area contributed by atoms with Crippen molar-refractivity contribution in [2.24, 2.45) is 5.73 Å². The van der Waals surface area contributed by atoms with Crippen LogP contribution in [0, 0.1) is 0 Å². The summed E-state index contributed by atoms with van der Waals surface area (Å²) in [6.07, 6.45) is 1.61. The van der Waals surface area contributed by atoms with Crippen LogP contribution in [-0.2, 0) is 14.8 Å². The number of carbonyl (C=O) groups is 1. The Labute approximate surface area is 124 Å². The van der Waals surface area contributed by atoms with Gasteiger partial charge in [-0.2, -0.15) is 0 Å². The van der Waals surface area contributed by atoms with Crippen LogP contribution < -0.4 is 15.8 Å². The molecular formula is C10H16BrN3O3S2. The van der Waals surface area contributed by atoms with E-state index in [0.29, 0.717) is 13.1 Å². The molecule has 1 aromatic heterocycles. The molecule has 0 aliphatic heterocycles. The number of unbranched alkanes of at least 4 members (excludes halogenated alkanes) is 1. The van der Waals surface area contributed by atoms with Gasteiger partial charge in [-0.15, -0.1) is 11.3 Å². The topological polar surface area (TPSA) is 101 Å². The van der Waals surface area contributed by atoms with Gasteiger partial charge in [0.25, 0.3) is 10.0 Å². The number of nitrogens with one attached hydrogen (secondary N) is 2. The summed E-state index contributed by atoms with van der Waals surface area (Å²) in [5.41, 5.74) is 5.32. The Bertz CT molecular complexity index is 516. The van der Waals surface area contributed by atoms with Crippen molar-refractivity contribution in [1.82, 2.24) is 10.0 Å². The summed E-state index contributed by atoms with van der Waals surface area (Å²) in [5, 5.41) is 2.62. The highest BCUT2D eigenvalue weighted by Gasteiger charge is 2.17. The van der Waals surface area contributed by atoms with Crippen LogP contribution in [0.3, 0.4) is 0 Å². The van der Waals surface area contributed by atoms with Crippen LogP contribution in [0.5, 0.6) is 0 Å². The summed E-state index contributed by atoms with van der Waals surface area (Å²) in [5.74, 6) is -0.351. The van der Waals surface area contributed by atoms with E-state index < -0.39 is 10.0 Å². The molecule has 0 fully saturated rings. The largest absolute Gasteiger partial charge is 0.355 e. The molecule has 0 spiro atoms. The minimum atomic E-state index is -3.61. The Morgan fingerprint density at radius 2 is 2.11 bits per heavy atom. The first kappa shape index (κ1) is 16.6. The quantitative estimate of drug-likeness (QED) is 0.585. The normalized spacial score (nSPS) is 11.5. The van der Waals surface area contributed by atoms with Crippen LogP contribution in [0.15, 0.2) is 20.1 Å². The van der Waals surface area contributed by atoms with E-state index >= 15 is 0 Å². The van der Waals surface area contributed by atoms with Crippen LogP contribution in [0.25, 0.3) is 0 Å². The van der Waals surface area contributed by atoms with Crippen molar-refractivity contribution in [2.75, 3.05) is 19.6 Å². The summed E-state index contributed by atoms with van der Waals surface area (Å²) >= 11 is 4.28.